The highest BCUT2D eigenvalue weighted by molar-refractivity contribution is 6.48. The van der Waals surface area contributed by atoms with Crippen molar-refractivity contribution in [2.45, 2.75) is 45.9 Å². The second kappa shape index (κ2) is 5.60. The van der Waals surface area contributed by atoms with E-state index in [0.29, 0.717) is 6.61 Å². The first-order chi connectivity index (χ1) is 7.86. The van der Waals surface area contributed by atoms with Crippen molar-refractivity contribution < 1.29 is 9.22 Å². The molecule has 0 aromatic heterocycles. The molecule has 1 aromatic rings. The number of benzene rings is 1. The van der Waals surface area contributed by atoms with Gasteiger partial charge in [0.2, 0.25) is 0 Å². The predicted molar refractivity (Wildman–Crippen MR) is 74.2 cm³/mol. The lowest BCUT2D eigenvalue weighted by Gasteiger charge is -2.24. The quantitative estimate of drug-likeness (QED) is 0.605. The summed E-state index contributed by atoms with van der Waals surface area (Å²) >= 11 is 0. The standard InChI is InChI=1S/C14H22O2Si/c1-14(2,3)13-8-6-7-11(9-15)12(13)10-16-17(4)5/h6-9,17H,10H2,1-5H3. The van der Waals surface area contributed by atoms with Gasteiger partial charge in [-0.15, -0.1) is 0 Å². The highest BCUT2D eigenvalue weighted by Crippen LogP contribution is 2.28. The van der Waals surface area contributed by atoms with Gasteiger partial charge in [-0.3, -0.25) is 4.79 Å². The third-order valence-corrected chi connectivity index (χ3v) is 3.54. The minimum Gasteiger partial charge on any atom is -0.416 e. The van der Waals surface area contributed by atoms with E-state index in [1.807, 2.05) is 12.1 Å². The van der Waals surface area contributed by atoms with Gasteiger partial charge in [0.15, 0.2) is 9.04 Å². The zero-order valence-corrected chi connectivity index (χ0v) is 12.6. The van der Waals surface area contributed by atoms with Gasteiger partial charge in [-0.1, -0.05) is 39.0 Å². The Bertz CT molecular complexity index is 392. The Labute approximate surface area is 106 Å². The Balaban J connectivity index is 3.16. The molecule has 0 fully saturated rings. The van der Waals surface area contributed by atoms with Crippen molar-refractivity contribution in [3.63, 3.8) is 0 Å². The summed E-state index contributed by atoms with van der Waals surface area (Å²) in [5.41, 5.74) is 3.05. The Morgan fingerprint density at radius 1 is 1.29 bits per heavy atom. The molecule has 0 saturated heterocycles. The Kier molecular flexibility index (Phi) is 4.66. The van der Waals surface area contributed by atoms with Crippen molar-refractivity contribution in [3.8, 4) is 0 Å². The van der Waals surface area contributed by atoms with Crippen molar-refractivity contribution in [1.29, 1.82) is 0 Å². The van der Waals surface area contributed by atoms with Gasteiger partial charge in [-0.05, 0) is 29.6 Å². The fraction of sp³-hybridized carbons (Fsp3) is 0.500. The summed E-state index contributed by atoms with van der Waals surface area (Å²) in [6.45, 7) is 11.3. The number of aldehydes is 1. The average molecular weight is 250 g/mol. The zero-order chi connectivity index (χ0) is 13.1. The topological polar surface area (TPSA) is 26.3 Å². The summed E-state index contributed by atoms with van der Waals surface area (Å²) in [5.74, 6) is 0. The fourth-order valence-corrected chi connectivity index (χ4v) is 2.33. The first-order valence-corrected chi connectivity index (χ1v) is 8.83. The molecule has 94 valence electrons. The summed E-state index contributed by atoms with van der Waals surface area (Å²) in [6.07, 6.45) is 0.926. The molecule has 0 aliphatic heterocycles. The fourth-order valence-electron chi connectivity index (χ4n) is 1.83. The van der Waals surface area contributed by atoms with Crippen LogP contribution in [0.2, 0.25) is 13.1 Å². The number of rotatable bonds is 4. The van der Waals surface area contributed by atoms with Crippen molar-refractivity contribution in [2.75, 3.05) is 0 Å². The van der Waals surface area contributed by atoms with Crippen LogP contribution in [-0.4, -0.2) is 15.3 Å². The summed E-state index contributed by atoms with van der Waals surface area (Å²) in [6, 6.07) is 5.90. The highest BCUT2D eigenvalue weighted by atomic mass is 28.3. The van der Waals surface area contributed by atoms with E-state index < -0.39 is 9.04 Å². The molecule has 0 aliphatic rings. The Morgan fingerprint density at radius 2 is 1.94 bits per heavy atom. The molecule has 0 N–H and O–H groups in total. The van der Waals surface area contributed by atoms with Crippen LogP contribution in [-0.2, 0) is 16.4 Å². The van der Waals surface area contributed by atoms with Gasteiger partial charge >= 0.3 is 0 Å². The third kappa shape index (κ3) is 3.79. The minimum atomic E-state index is -1.06. The van der Waals surface area contributed by atoms with Gasteiger partial charge in [-0.25, -0.2) is 0 Å². The van der Waals surface area contributed by atoms with Crippen LogP contribution in [0.15, 0.2) is 18.2 Å². The predicted octanol–water partition coefficient (Wildman–Crippen LogP) is 3.30. The van der Waals surface area contributed by atoms with Crippen LogP contribution in [0.25, 0.3) is 0 Å². The molecule has 0 radical (unpaired) electrons. The summed E-state index contributed by atoms with van der Waals surface area (Å²) in [7, 11) is -1.06. The second-order valence-corrected chi connectivity index (χ2v) is 8.03. The molecule has 1 aromatic carbocycles. The SMILES string of the molecule is C[SiH](C)OCc1c(C=O)cccc1C(C)(C)C. The Morgan fingerprint density at radius 3 is 2.41 bits per heavy atom. The maximum Gasteiger partial charge on any atom is 0.171 e. The van der Waals surface area contributed by atoms with Gasteiger partial charge in [-0.2, -0.15) is 0 Å². The van der Waals surface area contributed by atoms with Gasteiger partial charge in [0, 0.05) is 5.56 Å². The van der Waals surface area contributed by atoms with Gasteiger partial charge < -0.3 is 4.43 Å². The maximum atomic E-state index is 11.1. The smallest absolute Gasteiger partial charge is 0.171 e. The summed E-state index contributed by atoms with van der Waals surface area (Å²) in [4.78, 5) is 11.1. The van der Waals surface area contributed by atoms with E-state index in [0.717, 1.165) is 17.4 Å². The first-order valence-electron chi connectivity index (χ1n) is 6.05. The lowest BCUT2D eigenvalue weighted by atomic mass is 9.82. The van der Waals surface area contributed by atoms with Crippen LogP contribution >= 0.6 is 0 Å². The van der Waals surface area contributed by atoms with Gasteiger partial charge in [0.05, 0.1) is 6.61 Å². The molecular weight excluding hydrogens is 228 g/mol. The highest BCUT2D eigenvalue weighted by Gasteiger charge is 2.20. The molecule has 0 unspecified atom stereocenters. The molecule has 17 heavy (non-hydrogen) atoms. The zero-order valence-electron chi connectivity index (χ0n) is 11.4. The molecule has 3 heteroatoms. The van der Waals surface area contributed by atoms with Crippen molar-refractivity contribution in [2.24, 2.45) is 0 Å². The third-order valence-electron chi connectivity index (χ3n) is 2.71. The molecule has 0 spiro atoms. The molecular formula is C14H22O2Si. The molecule has 1 rings (SSSR count). The van der Waals surface area contributed by atoms with Crippen LogP contribution in [0.1, 0.15) is 42.3 Å². The first kappa shape index (κ1) is 14.1. The lowest BCUT2D eigenvalue weighted by molar-refractivity contribution is 0.112. The summed E-state index contributed by atoms with van der Waals surface area (Å²) < 4.78 is 5.79. The van der Waals surface area contributed by atoms with E-state index in [4.69, 9.17) is 4.43 Å². The Hall–Kier alpha value is -0.933. The molecule has 0 atom stereocenters. The number of hydrogen-bond donors (Lipinski definition) is 0. The molecule has 2 nitrogen and oxygen atoms in total. The van der Waals surface area contributed by atoms with E-state index in [2.05, 4.69) is 39.9 Å². The normalized spacial score (nSPS) is 11.9. The van der Waals surface area contributed by atoms with Crippen molar-refractivity contribution in [1.82, 2.24) is 0 Å². The lowest BCUT2D eigenvalue weighted by Crippen LogP contribution is -2.18. The van der Waals surface area contributed by atoms with E-state index in [1.54, 1.807) is 0 Å². The second-order valence-electron chi connectivity index (χ2n) is 5.60. The van der Waals surface area contributed by atoms with Crippen LogP contribution in [0.3, 0.4) is 0 Å². The maximum absolute atomic E-state index is 11.1. The molecule has 0 saturated carbocycles. The van der Waals surface area contributed by atoms with E-state index in [1.165, 1.54) is 5.56 Å². The van der Waals surface area contributed by atoms with Crippen LogP contribution in [0, 0.1) is 0 Å². The van der Waals surface area contributed by atoms with Crippen LogP contribution in [0.5, 0.6) is 0 Å². The minimum absolute atomic E-state index is 0.0379. The molecule has 0 heterocycles. The van der Waals surface area contributed by atoms with Crippen molar-refractivity contribution in [3.05, 3.63) is 34.9 Å². The summed E-state index contributed by atoms with van der Waals surface area (Å²) in [5, 5.41) is 0. The van der Waals surface area contributed by atoms with E-state index in [-0.39, 0.29) is 5.41 Å². The number of hydrogen-bond acceptors (Lipinski definition) is 2. The van der Waals surface area contributed by atoms with Gasteiger partial charge in [0.25, 0.3) is 0 Å². The largest absolute Gasteiger partial charge is 0.416 e. The van der Waals surface area contributed by atoms with Crippen molar-refractivity contribution >= 4 is 15.3 Å². The average Bonchev–Trinajstić information content (AvgIpc) is 2.24. The monoisotopic (exact) mass is 250 g/mol. The molecule has 0 aliphatic carbocycles. The molecule has 0 amide bonds. The number of carbonyl (C=O) groups is 1. The van der Waals surface area contributed by atoms with E-state index >= 15 is 0 Å². The van der Waals surface area contributed by atoms with Crippen LogP contribution < -0.4 is 0 Å². The van der Waals surface area contributed by atoms with Crippen LogP contribution in [0.4, 0.5) is 0 Å². The number of carbonyl (C=O) groups excluding carboxylic acids is 1. The van der Waals surface area contributed by atoms with Gasteiger partial charge in [0.1, 0.15) is 6.29 Å². The van der Waals surface area contributed by atoms with E-state index in [9.17, 15) is 4.79 Å². The molecule has 0 bridgehead atoms.